The van der Waals surface area contributed by atoms with Gasteiger partial charge in [0.25, 0.3) is 0 Å². The van der Waals surface area contributed by atoms with E-state index in [4.69, 9.17) is 14.7 Å². The van der Waals surface area contributed by atoms with E-state index in [1.54, 1.807) is 0 Å². The monoisotopic (exact) mass is 317 g/mol. The molecule has 1 saturated heterocycles. The first-order valence-corrected chi connectivity index (χ1v) is 9.16. The van der Waals surface area contributed by atoms with E-state index in [1.807, 2.05) is 0 Å². The minimum absolute atomic E-state index is 0.0304. The fourth-order valence-corrected chi connectivity index (χ4v) is 4.05. The average Bonchev–Trinajstić information content (AvgIpc) is 2.16. The van der Waals surface area contributed by atoms with Crippen LogP contribution in [0.2, 0.25) is 0 Å². The highest BCUT2D eigenvalue weighted by atomic mass is 31.2. The molecule has 0 aromatic rings. The first-order chi connectivity index (χ1) is 8.39. The molecule has 0 aliphatic carbocycles. The van der Waals surface area contributed by atoms with Gasteiger partial charge in [0.1, 0.15) is 5.85 Å². The number of piperidine rings is 1. The van der Waals surface area contributed by atoms with Crippen LogP contribution in [-0.2, 0) is 13.7 Å². The Morgan fingerprint density at radius 3 is 2.11 bits per heavy atom. The van der Waals surface area contributed by atoms with Gasteiger partial charge >= 0.3 is 7.82 Å². The van der Waals surface area contributed by atoms with Crippen molar-refractivity contribution in [3.8, 4) is 0 Å². The molecule has 0 radical (unpaired) electrons. The molecule has 0 amide bonds. The minimum Gasteiger partial charge on any atom is -0.777 e. The van der Waals surface area contributed by atoms with Gasteiger partial charge in [0.05, 0.1) is 27.2 Å². The van der Waals surface area contributed by atoms with Crippen molar-refractivity contribution < 1.29 is 37.7 Å². The second-order valence-electron chi connectivity index (χ2n) is 5.68. The summed E-state index contributed by atoms with van der Waals surface area (Å²) in [5.41, 5.74) is 0. The summed E-state index contributed by atoms with van der Waals surface area (Å²) in [6.07, 6.45) is 1.37. The molecule has 8 nitrogen and oxygen atoms in total. The van der Waals surface area contributed by atoms with Gasteiger partial charge in [-0.05, 0) is 25.2 Å². The van der Waals surface area contributed by atoms with Gasteiger partial charge in [-0.25, -0.2) is 4.57 Å². The largest absolute Gasteiger partial charge is 0.777 e. The zero-order chi connectivity index (χ0) is 14.9. The van der Waals surface area contributed by atoms with E-state index in [0.29, 0.717) is 0 Å². The Hall–Kier alpha value is 0.220. The van der Waals surface area contributed by atoms with Gasteiger partial charge < -0.3 is 28.6 Å². The second-order valence-corrected chi connectivity index (χ2v) is 8.57. The Balaban J connectivity index is 2.64. The third kappa shape index (κ3) is 6.47. The quantitative estimate of drug-likeness (QED) is 0.475. The first-order valence-electron chi connectivity index (χ1n) is 5.98. The van der Waals surface area contributed by atoms with Crippen LogP contribution in [0, 0.1) is 5.92 Å². The van der Waals surface area contributed by atoms with Crippen LogP contribution in [0.5, 0.6) is 0 Å². The molecule has 1 rings (SSSR count). The van der Waals surface area contributed by atoms with E-state index in [0.717, 1.165) is 30.4 Å². The summed E-state index contributed by atoms with van der Waals surface area (Å²) >= 11 is 0. The van der Waals surface area contributed by atoms with Crippen LogP contribution in [0.1, 0.15) is 19.3 Å². The smallest absolute Gasteiger partial charge is 0.470 e. The van der Waals surface area contributed by atoms with Crippen molar-refractivity contribution in [3.63, 3.8) is 0 Å². The zero-order valence-corrected chi connectivity index (χ0v) is 12.8. The van der Waals surface area contributed by atoms with Gasteiger partial charge in [0, 0.05) is 0 Å². The first kappa shape index (κ1) is 17.3. The highest BCUT2D eigenvalue weighted by Crippen LogP contribution is 2.50. The molecule has 0 aromatic heterocycles. The molecule has 114 valence electrons. The number of likely N-dealkylation sites (tertiary alicyclic amines) is 1. The molecule has 10 heteroatoms. The maximum Gasteiger partial charge on any atom is 0.470 e. The van der Waals surface area contributed by atoms with Crippen LogP contribution in [0.15, 0.2) is 0 Å². The van der Waals surface area contributed by atoms with Crippen molar-refractivity contribution in [1.82, 2.24) is 0 Å². The van der Waals surface area contributed by atoms with Crippen molar-refractivity contribution in [2.75, 3.05) is 27.2 Å². The lowest BCUT2D eigenvalue weighted by molar-refractivity contribution is -0.896. The molecular weight excluding hydrogens is 296 g/mol. The molecule has 1 aliphatic rings. The van der Waals surface area contributed by atoms with E-state index in [2.05, 4.69) is 18.6 Å². The van der Waals surface area contributed by atoms with Crippen molar-refractivity contribution in [3.05, 3.63) is 0 Å². The van der Waals surface area contributed by atoms with Crippen LogP contribution in [0.3, 0.4) is 0 Å². The molecule has 0 saturated carbocycles. The molecule has 0 spiro atoms. The van der Waals surface area contributed by atoms with Gasteiger partial charge in [0.15, 0.2) is 7.60 Å². The molecule has 19 heavy (non-hydrogen) atoms. The minimum atomic E-state index is -4.95. The zero-order valence-electron chi connectivity index (χ0n) is 11.0. The lowest BCUT2D eigenvalue weighted by Crippen LogP contribution is -2.46. The second kappa shape index (κ2) is 5.92. The molecule has 1 fully saturated rings. The molecule has 0 aromatic carbocycles. The lowest BCUT2D eigenvalue weighted by atomic mass is 9.93. The van der Waals surface area contributed by atoms with Gasteiger partial charge in [-0.2, -0.15) is 0 Å². The Labute approximate surface area is 112 Å². The van der Waals surface area contributed by atoms with Crippen LogP contribution in [-0.4, -0.2) is 52.2 Å². The Kier molecular flexibility index (Phi) is 5.38. The number of nitrogens with zero attached hydrogens (tertiary/aromatic N) is 1. The van der Waals surface area contributed by atoms with Gasteiger partial charge in [-0.1, -0.05) is 0 Å². The number of rotatable bonds is 5. The summed E-state index contributed by atoms with van der Waals surface area (Å²) in [5, 5.41) is 0. The predicted octanol–water partition coefficient (Wildman–Crippen LogP) is -0.156. The molecule has 3 N–H and O–H groups in total. The topological polar surface area (TPSA) is 127 Å². The number of phosphoric ester groups is 1. The average molecular weight is 317 g/mol. The SMILES string of the molecule is C[N+]1(C)CCC(CC(OP(=O)(O)O)P(=O)([O-])O)CC1. The Morgan fingerprint density at radius 2 is 1.74 bits per heavy atom. The fraction of sp³-hybridized carbons (Fsp3) is 1.00. The lowest BCUT2D eigenvalue weighted by Gasteiger charge is -2.39. The normalized spacial score (nSPS) is 25.8. The standard InChI is InChI=1S/C9H21NO7P2/c1-10(2)5-3-8(4-6-10)7-9(18(11,12)13)17-19(14,15)16/h8-9H,3-7H2,1-2H3,(H3-,11,12,13,14,15,16). The van der Waals surface area contributed by atoms with E-state index in [9.17, 15) is 14.0 Å². The van der Waals surface area contributed by atoms with Gasteiger partial charge in [-0.15, -0.1) is 0 Å². The third-order valence-corrected chi connectivity index (χ3v) is 5.18. The van der Waals surface area contributed by atoms with Crippen molar-refractivity contribution >= 4 is 15.4 Å². The number of hydrogen-bond donors (Lipinski definition) is 3. The molecule has 1 heterocycles. The molecule has 2 unspecified atom stereocenters. The van der Waals surface area contributed by atoms with Gasteiger partial charge in [-0.3, -0.25) is 4.52 Å². The van der Waals surface area contributed by atoms with Crippen LogP contribution >= 0.6 is 15.4 Å². The molecular formula is C9H21NO7P2. The number of phosphoric acid groups is 1. The highest BCUT2D eigenvalue weighted by molar-refractivity contribution is 7.52. The van der Waals surface area contributed by atoms with Crippen molar-refractivity contribution in [1.29, 1.82) is 0 Å². The third-order valence-electron chi connectivity index (χ3n) is 3.44. The molecule has 0 bridgehead atoms. The van der Waals surface area contributed by atoms with Crippen molar-refractivity contribution in [2.24, 2.45) is 5.92 Å². The summed E-state index contributed by atoms with van der Waals surface area (Å²) in [6.45, 7) is 1.70. The molecule has 1 aliphatic heterocycles. The van der Waals surface area contributed by atoms with E-state index < -0.39 is 21.3 Å². The van der Waals surface area contributed by atoms with Crippen LogP contribution in [0.25, 0.3) is 0 Å². The summed E-state index contributed by atoms with van der Waals surface area (Å²) in [7, 11) is -5.77. The summed E-state index contributed by atoms with van der Waals surface area (Å²) in [4.78, 5) is 37.5. The summed E-state index contributed by atoms with van der Waals surface area (Å²) < 4.78 is 26.9. The summed E-state index contributed by atoms with van der Waals surface area (Å²) in [5.74, 6) is -1.87. The summed E-state index contributed by atoms with van der Waals surface area (Å²) in [6, 6.07) is 0. The highest BCUT2D eigenvalue weighted by Gasteiger charge is 2.34. The van der Waals surface area contributed by atoms with Crippen molar-refractivity contribution in [2.45, 2.75) is 25.1 Å². The van der Waals surface area contributed by atoms with E-state index >= 15 is 0 Å². The number of hydrogen-bond acceptors (Lipinski definition) is 4. The maximum atomic E-state index is 11.1. The molecule has 2 atom stereocenters. The van der Waals surface area contributed by atoms with Crippen LogP contribution in [0.4, 0.5) is 0 Å². The van der Waals surface area contributed by atoms with E-state index in [1.165, 1.54) is 0 Å². The number of quaternary nitrogens is 1. The van der Waals surface area contributed by atoms with E-state index in [-0.39, 0.29) is 12.3 Å². The predicted molar refractivity (Wildman–Crippen MR) is 65.9 cm³/mol. The Morgan fingerprint density at radius 1 is 1.26 bits per heavy atom. The maximum absolute atomic E-state index is 11.1. The fourth-order valence-electron chi connectivity index (χ4n) is 2.24. The Bertz CT molecular complexity index is 391. The van der Waals surface area contributed by atoms with Gasteiger partial charge in [0.2, 0.25) is 0 Å². The van der Waals surface area contributed by atoms with Crippen LogP contribution < -0.4 is 4.89 Å².